The molecule has 120 valence electrons. The minimum Gasteiger partial charge on any atom is -0.479 e. The van der Waals surface area contributed by atoms with Crippen molar-refractivity contribution in [3.8, 4) is 10.6 Å². The molecule has 0 radical (unpaired) electrons. The lowest BCUT2D eigenvalue weighted by molar-refractivity contribution is -0.149. The van der Waals surface area contributed by atoms with Crippen LogP contribution in [0.3, 0.4) is 0 Å². The summed E-state index contributed by atoms with van der Waals surface area (Å²) in [6, 6.07) is 7.08. The molecule has 0 saturated carbocycles. The number of hydrogen-bond acceptors (Lipinski definition) is 4. The molecule has 3 rings (SSSR count). The Balaban J connectivity index is 1.79. The van der Waals surface area contributed by atoms with Crippen molar-refractivity contribution in [3.05, 3.63) is 40.4 Å². The fourth-order valence-corrected chi connectivity index (χ4v) is 3.39. The van der Waals surface area contributed by atoms with Crippen LogP contribution < -0.4 is 0 Å². The molecule has 5 nitrogen and oxygen atoms in total. The van der Waals surface area contributed by atoms with Crippen LogP contribution in [0.1, 0.15) is 16.9 Å². The van der Waals surface area contributed by atoms with E-state index in [0.29, 0.717) is 10.0 Å². The maximum atomic E-state index is 14.1. The van der Waals surface area contributed by atoms with E-state index in [0.717, 1.165) is 5.56 Å². The van der Waals surface area contributed by atoms with E-state index < -0.39 is 24.1 Å². The number of nitrogens with zero attached hydrogens (tertiary/aromatic N) is 2. The van der Waals surface area contributed by atoms with Gasteiger partial charge in [-0.25, -0.2) is 14.2 Å². The van der Waals surface area contributed by atoms with Crippen LogP contribution in [-0.2, 0) is 4.79 Å². The topological polar surface area (TPSA) is 70.5 Å². The summed E-state index contributed by atoms with van der Waals surface area (Å²) in [6.45, 7) is -0.392. The third-order valence-corrected chi connectivity index (χ3v) is 4.81. The molecular formula is C15H12ClFN2O3S. The highest BCUT2D eigenvalue weighted by molar-refractivity contribution is 7.13. The van der Waals surface area contributed by atoms with Crippen LogP contribution in [0, 0.1) is 0 Å². The number of alkyl halides is 1. The van der Waals surface area contributed by atoms with Gasteiger partial charge in [0.05, 0.1) is 6.54 Å². The number of rotatable bonds is 3. The van der Waals surface area contributed by atoms with E-state index in [1.807, 2.05) is 6.07 Å². The second-order valence-corrected chi connectivity index (χ2v) is 6.59. The highest BCUT2D eigenvalue weighted by Crippen LogP contribution is 2.29. The van der Waals surface area contributed by atoms with Gasteiger partial charge >= 0.3 is 5.97 Å². The van der Waals surface area contributed by atoms with E-state index in [9.17, 15) is 14.0 Å². The van der Waals surface area contributed by atoms with Gasteiger partial charge in [0.15, 0.2) is 0 Å². The molecule has 23 heavy (non-hydrogen) atoms. The first-order valence-electron chi connectivity index (χ1n) is 6.82. The van der Waals surface area contributed by atoms with Crippen LogP contribution in [-0.4, -0.2) is 45.6 Å². The smallest absolute Gasteiger partial charge is 0.343 e. The monoisotopic (exact) mass is 354 g/mol. The van der Waals surface area contributed by atoms with Gasteiger partial charge in [-0.15, -0.1) is 11.3 Å². The fraction of sp³-hybridized carbons (Fsp3) is 0.267. The van der Waals surface area contributed by atoms with Crippen LogP contribution in [0.2, 0.25) is 5.02 Å². The Morgan fingerprint density at radius 3 is 2.87 bits per heavy atom. The van der Waals surface area contributed by atoms with Gasteiger partial charge in [-0.3, -0.25) is 4.79 Å². The molecule has 1 N–H and O–H groups in total. The number of halogens is 2. The Labute approximate surface area is 140 Å². The molecule has 1 saturated heterocycles. The molecule has 1 fully saturated rings. The van der Waals surface area contributed by atoms with Gasteiger partial charge in [0.1, 0.15) is 10.7 Å². The summed E-state index contributed by atoms with van der Waals surface area (Å²) >= 11 is 7.21. The summed E-state index contributed by atoms with van der Waals surface area (Å²) < 4.78 is 14.1. The van der Waals surface area contributed by atoms with E-state index in [1.165, 1.54) is 16.2 Å². The van der Waals surface area contributed by atoms with E-state index in [2.05, 4.69) is 4.98 Å². The first-order valence-corrected chi connectivity index (χ1v) is 8.08. The van der Waals surface area contributed by atoms with Gasteiger partial charge < -0.3 is 10.0 Å². The van der Waals surface area contributed by atoms with Gasteiger partial charge in [0.2, 0.25) is 5.67 Å². The lowest BCUT2D eigenvalue weighted by atomic mass is 10.1. The van der Waals surface area contributed by atoms with Crippen molar-refractivity contribution in [1.29, 1.82) is 0 Å². The maximum absolute atomic E-state index is 14.1. The maximum Gasteiger partial charge on any atom is 0.343 e. The molecule has 1 unspecified atom stereocenters. The molecule has 2 aromatic rings. The average Bonchev–Trinajstić information content (AvgIpc) is 3.14. The summed E-state index contributed by atoms with van der Waals surface area (Å²) in [5.41, 5.74) is -1.41. The molecule has 8 heteroatoms. The summed E-state index contributed by atoms with van der Waals surface area (Å²) in [7, 11) is 0. The van der Waals surface area contributed by atoms with Gasteiger partial charge in [-0.05, 0) is 12.1 Å². The first kappa shape index (κ1) is 15.9. The van der Waals surface area contributed by atoms with Crippen LogP contribution in [0.15, 0.2) is 29.6 Å². The molecule has 0 aliphatic carbocycles. The normalized spacial score (nSPS) is 20.7. The predicted octanol–water partition coefficient (Wildman–Crippen LogP) is 3.10. The number of carbonyl (C=O) groups is 2. The lowest BCUT2D eigenvalue weighted by Crippen LogP contribution is -2.39. The van der Waals surface area contributed by atoms with Crippen LogP contribution >= 0.6 is 22.9 Å². The summed E-state index contributed by atoms with van der Waals surface area (Å²) in [5, 5.41) is 11.7. The number of thiazole rings is 1. The molecule has 2 heterocycles. The van der Waals surface area contributed by atoms with Crippen LogP contribution in [0.25, 0.3) is 10.6 Å². The molecule has 0 bridgehead atoms. The van der Waals surface area contributed by atoms with Crippen molar-refractivity contribution in [2.24, 2.45) is 0 Å². The van der Waals surface area contributed by atoms with Crippen molar-refractivity contribution in [3.63, 3.8) is 0 Å². The highest BCUT2D eigenvalue weighted by Gasteiger charge is 2.47. The Morgan fingerprint density at radius 2 is 2.22 bits per heavy atom. The van der Waals surface area contributed by atoms with Gasteiger partial charge in [-0.2, -0.15) is 0 Å². The zero-order chi connectivity index (χ0) is 16.6. The van der Waals surface area contributed by atoms with E-state index in [-0.39, 0.29) is 18.7 Å². The lowest BCUT2D eigenvalue weighted by Gasteiger charge is -2.16. The number of likely N-dealkylation sites (tertiary alicyclic amines) is 1. The number of hydrogen-bond donors (Lipinski definition) is 1. The zero-order valence-corrected chi connectivity index (χ0v) is 13.4. The van der Waals surface area contributed by atoms with E-state index >= 15 is 0 Å². The number of benzene rings is 1. The van der Waals surface area contributed by atoms with Crippen molar-refractivity contribution < 1.29 is 19.1 Å². The second-order valence-electron chi connectivity index (χ2n) is 5.30. The number of carboxylic acid groups (broad SMARTS) is 1. The van der Waals surface area contributed by atoms with Crippen molar-refractivity contribution in [1.82, 2.24) is 9.88 Å². The SMILES string of the molecule is O=C(c1csc(-c2cccc(Cl)c2)n1)N1CCC(F)(C(=O)O)C1. The Bertz CT molecular complexity index is 782. The fourth-order valence-electron chi connectivity index (χ4n) is 2.41. The number of carbonyl (C=O) groups excluding carboxylic acids is 1. The standard InChI is InChI=1S/C15H12ClFN2O3S/c16-10-3-1-2-9(6-10)12-18-11(7-23-12)13(20)19-5-4-15(17,8-19)14(21)22/h1-3,6-7H,4-5,8H2,(H,21,22). The molecule has 1 atom stereocenters. The van der Waals surface area contributed by atoms with E-state index in [1.54, 1.807) is 23.6 Å². The van der Waals surface area contributed by atoms with Gasteiger partial charge in [0.25, 0.3) is 5.91 Å². The minimum absolute atomic E-state index is 0.0612. The number of amides is 1. The summed E-state index contributed by atoms with van der Waals surface area (Å²) in [5.74, 6) is -2.00. The average molecular weight is 355 g/mol. The molecule has 1 amide bonds. The largest absolute Gasteiger partial charge is 0.479 e. The first-order chi connectivity index (χ1) is 10.9. The highest BCUT2D eigenvalue weighted by atomic mass is 35.5. The Hall–Kier alpha value is -1.99. The quantitative estimate of drug-likeness (QED) is 0.919. The van der Waals surface area contributed by atoms with Crippen molar-refractivity contribution in [2.75, 3.05) is 13.1 Å². The van der Waals surface area contributed by atoms with E-state index in [4.69, 9.17) is 16.7 Å². The third kappa shape index (κ3) is 3.07. The molecule has 0 spiro atoms. The predicted molar refractivity (Wildman–Crippen MR) is 84.6 cm³/mol. The summed E-state index contributed by atoms with van der Waals surface area (Å²) in [4.78, 5) is 28.7. The Kier molecular flexibility index (Phi) is 4.08. The second kappa shape index (κ2) is 5.90. The number of aliphatic carboxylic acids is 1. The third-order valence-electron chi connectivity index (χ3n) is 3.68. The van der Waals surface area contributed by atoms with Crippen LogP contribution in [0.4, 0.5) is 4.39 Å². The molecule has 1 aromatic heterocycles. The Morgan fingerprint density at radius 1 is 1.43 bits per heavy atom. The molecular weight excluding hydrogens is 343 g/mol. The minimum atomic E-state index is -2.37. The molecule has 1 aromatic carbocycles. The molecule has 1 aliphatic heterocycles. The number of aromatic nitrogens is 1. The summed E-state index contributed by atoms with van der Waals surface area (Å²) in [6.07, 6.45) is -0.209. The van der Waals surface area contributed by atoms with Crippen molar-refractivity contribution in [2.45, 2.75) is 12.1 Å². The van der Waals surface area contributed by atoms with Crippen LogP contribution in [0.5, 0.6) is 0 Å². The number of carboxylic acids is 1. The zero-order valence-electron chi connectivity index (χ0n) is 11.8. The van der Waals surface area contributed by atoms with Gasteiger partial charge in [0, 0.05) is 28.9 Å². The van der Waals surface area contributed by atoms with Crippen molar-refractivity contribution >= 4 is 34.8 Å². The molecule has 1 aliphatic rings. The van der Waals surface area contributed by atoms with Gasteiger partial charge in [-0.1, -0.05) is 23.7 Å².